The largest absolute Gasteiger partial charge is 0.312 e. The summed E-state index contributed by atoms with van der Waals surface area (Å²) in [4.78, 5) is 20.4. The lowest BCUT2D eigenvalue weighted by atomic mass is 10.1. The molecule has 0 aliphatic rings. The minimum atomic E-state index is -0.629. The lowest BCUT2D eigenvalue weighted by Gasteiger charge is -2.07. The number of nitro groups is 2. The van der Waals surface area contributed by atoms with Crippen LogP contribution >= 0.6 is 0 Å². The molecule has 0 bridgehead atoms. The Morgan fingerprint density at radius 2 is 1.86 bits per heavy atom. The van der Waals surface area contributed by atoms with E-state index in [2.05, 4.69) is 19.2 Å². The zero-order valence-electron chi connectivity index (χ0n) is 12.4. The third kappa shape index (κ3) is 5.86. The van der Waals surface area contributed by atoms with Gasteiger partial charge in [-0.1, -0.05) is 26.7 Å². The summed E-state index contributed by atoms with van der Waals surface area (Å²) < 4.78 is 0. The van der Waals surface area contributed by atoms with E-state index in [0.29, 0.717) is 18.0 Å². The van der Waals surface area contributed by atoms with Crippen LogP contribution in [0.4, 0.5) is 11.4 Å². The molecule has 1 aromatic carbocycles. The monoisotopic (exact) mass is 295 g/mol. The van der Waals surface area contributed by atoms with Gasteiger partial charge in [0.2, 0.25) is 0 Å². The molecule has 0 aromatic heterocycles. The summed E-state index contributed by atoms with van der Waals surface area (Å²) in [6.07, 6.45) is 3.30. The molecule has 0 radical (unpaired) electrons. The molecular formula is C14H21N3O4. The van der Waals surface area contributed by atoms with Crippen molar-refractivity contribution in [3.05, 3.63) is 44.0 Å². The first-order chi connectivity index (χ1) is 9.91. The van der Waals surface area contributed by atoms with Gasteiger partial charge in [0.1, 0.15) is 0 Å². The van der Waals surface area contributed by atoms with E-state index in [0.717, 1.165) is 25.5 Å². The summed E-state index contributed by atoms with van der Waals surface area (Å²) in [5.74, 6) is 0.681. The number of rotatable bonds is 9. The van der Waals surface area contributed by atoms with Gasteiger partial charge >= 0.3 is 0 Å². The molecule has 21 heavy (non-hydrogen) atoms. The van der Waals surface area contributed by atoms with Crippen LogP contribution in [0, 0.1) is 26.1 Å². The molecular weight excluding hydrogens is 274 g/mol. The van der Waals surface area contributed by atoms with E-state index < -0.39 is 9.85 Å². The lowest BCUT2D eigenvalue weighted by molar-refractivity contribution is -0.394. The molecule has 7 nitrogen and oxygen atoms in total. The second-order valence-corrected chi connectivity index (χ2v) is 5.39. The molecule has 0 aliphatic heterocycles. The Morgan fingerprint density at radius 3 is 2.43 bits per heavy atom. The molecule has 1 N–H and O–H groups in total. The third-order valence-corrected chi connectivity index (χ3v) is 3.18. The highest BCUT2D eigenvalue weighted by atomic mass is 16.6. The number of nitrogens with one attached hydrogen (secondary N) is 1. The summed E-state index contributed by atoms with van der Waals surface area (Å²) in [6, 6.07) is 3.75. The number of nitrogens with zero attached hydrogens (tertiary/aromatic N) is 2. The predicted molar refractivity (Wildman–Crippen MR) is 80.1 cm³/mol. The summed E-state index contributed by atoms with van der Waals surface area (Å²) in [7, 11) is 0. The van der Waals surface area contributed by atoms with Crippen LogP contribution in [0.5, 0.6) is 0 Å². The molecule has 0 unspecified atom stereocenters. The van der Waals surface area contributed by atoms with Gasteiger partial charge in [-0.25, -0.2) is 0 Å². The van der Waals surface area contributed by atoms with Gasteiger partial charge < -0.3 is 5.32 Å². The van der Waals surface area contributed by atoms with Crippen molar-refractivity contribution in [3.8, 4) is 0 Å². The van der Waals surface area contributed by atoms with E-state index in [9.17, 15) is 20.2 Å². The van der Waals surface area contributed by atoms with Crippen molar-refractivity contribution in [1.29, 1.82) is 0 Å². The molecule has 0 heterocycles. The Bertz CT molecular complexity index is 503. The van der Waals surface area contributed by atoms with Crippen LogP contribution < -0.4 is 5.32 Å². The van der Waals surface area contributed by atoms with Gasteiger partial charge in [0.25, 0.3) is 11.4 Å². The third-order valence-electron chi connectivity index (χ3n) is 3.18. The first kappa shape index (κ1) is 17.0. The quantitative estimate of drug-likeness (QED) is 0.427. The van der Waals surface area contributed by atoms with E-state index in [4.69, 9.17) is 0 Å². The van der Waals surface area contributed by atoms with Gasteiger partial charge in [-0.2, -0.15) is 0 Å². The minimum absolute atomic E-state index is 0.209. The lowest BCUT2D eigenvalue weighted by Crippen LogP contribution is -2.16. The smallest absolute Gasteiger partial charge is 0.280 e. The van der Waals surface area contributed by atoms with Crippen molar-refractivity contribution in [2.75, 3.05) is 6.54 Å². The zero-order chi connectivity index (χ0) is 15.8. The summed E-state index contributed by atoms with van der Waals surface area (Å²) in [6.45, 7) is 5.47. The van der Waals surface area contributed by atoms with Crippen LogP contribution in [0.25, 0.3) is 0 Å². The van der Waals surface area contributed by atoms with Crippen LogP contribution in [0.3, 0.4) is 0 Å². The molecule has 0 fully saturated rings. The van der Waals surface area contributed by atoms with Gasteiger partial charge in [0, 0.05) is 18.2 Å². The SMILES string of the molecule is CC(C)CCCCNCc1ccc([N+](=O)[O-])cc1[N+](=O)[O-]. The highest BCUT2D eigenvalue weighted by Gasteiger charge is 2.18. The standard InChI is InChI=1S/C14H21N3O4/c1-11(2)5-3-4-8-15-10-12-6-7-13(16(18)19)9-14(12)17(20)21/h6-7,9,11,15H,3-5,8,10H2,1-2H3. The second kappa shape index (κ2) is 8.31. The van der Waals surface area contributed by atoms with Crippen LogP contribution in [-0.4, -0.2) is 16.4 Å². The number of non-ortho nitro benzene ring substituents is 1. The second-order valence-electron chi connectivity index (χ2n) is 5.39. The number of unbranched alkanes of at least 4 members (excludes halogenated alkanes) is 1. The molecule has 0 saturated carbocycles. The highest BCUT2D eigenvalue weighted by molar-refractivity contribution is 5.49. The maximum absolute atomic E-state index is 11.0. The van der Waals surface area contributed by atoms with Gasteiger partial charge in [0.05, 0.1) is 15.9 Å². The van der Waals surface area contributed by atoms with Gasteiger partial charge in [0.15, 0.2) is 0 Å². The maximum Gasteiger partial charge on any atom is 0.280 e. The Labute approximate surface area is 123 Å². The fourth-order valence-electron chi connectivity index (χ4n) is 2.01. The van der Waals surface area contributed by atoms with Crippen molar-refractivity contribution in [3.63, 3.8) is 0 Å². The minimum Gasteiger partial charge on any atom is -0.312 e. The van der Waals surface area contributed by atoms with Gasteiger partial charge in [-0.15, -0.1) is 0 Å². The number of nitro benzene ring substituents is 2. The Hall–Kier alpha value is -2.02. The van der Waals surface area contributed by atoms with Gasteiger partial charge in [-0.05, 0) is 24.9 Å². The Morgan fingerprint density at radius 1 is 1.14 bits per heavy atom. The van der Waals surface area contributed by atoms with E-state index >= 15 is 0 Å². The van der Waals surface area contributed by atoms with Crippen molar-refractivity contribution >= 4 is 11.4 Å². The van der Waals surface area contributed by atoms with Crippen molar-refractivity contribution in [2.45, 2.75) is 39.7 Å². The topological polar surface area (TPSA) is 98.3 Å². The molecule has 7 heteroatoms. The molecule has 0 amide bonds. The fraction of sp³-hybridized carbons (Fsp3) is 0.571. The summed E-state index contributed by atoms with van der Waals surface area (Å²) >= 11 is 0. The maximum atomic E-state index is 11.0. The normalized spacial score (nSPS) is 10.8. The molecule has 1 aromatic rings. The van der Waals surface area contributed by atoms with Crippen molar-refractivity contribution in [2.24, 2.45) is 5.92 Å². The molecule has 0 atom stereocenters. The van der Waals surface area contributed by atoms with Gasteiger partial charge in [-0.3, -0.25) is 20.2 Å². The zero-order valence-corrected chi connectivity index (χ0v) is 12.4. The van der Waals surface area contributed by atoms with E-state index in [1.165, 1.54) is 18.6 Å². The molecule has 116 valence electrons. The number of hydrogen-bond donors (Lipinski definition) is 1. The van der Waals surface area contributed by atoms with Crippen molar-refractivity contribution in [1.82, 2.24) is 5.32 Å². The molecule has 0 saturated heterocycles. The van der Waals surface area contributed by atoms with Crippen LogP contribution in [0.1, 0.15) is 38.7 Å². The summed E-state index contributed by atoms with van der Waals surface area (Å²) in [5.41, 5.74) is -0.00396. The number of benzene rings is 1. The Balaban J connectivity index is 2.54. The molecule has 0 spiro atoms. The average molecular weight is 295 g/mol. The fourth-order valence-corrected chi connectivity index (χ4v) is 2.01. The highest BCUT2D eigenvalue weighted by Crippen LogP contribution is 2.24. The van der Waals surface area contributed by atoms with Crippen LogP contribution in [-0.2, 0) is 6.54 Å². The van der Waals surface area contributed by atoms with E-state index in [1.807, 2.05) is 0 Å². The van der Waals surface area contributed by atoms with Crippen LogP contribution in [0.2, 0.25) is 0 Å². The van der Waals surface area contributed by atoms with E-state index in [1.54, 1.807) is 0 Å². The molecule has 0 aliphatic carbocycles. The first-order valence-electron chi connectivity index (χ1n) is 7.04. The van der Waals surface area contributed by atoms with Crippen molar-refractivity contribution < 1.29 is 9.85 Å². The average Bonchev–Trinajstić information content (AvgIpc) is 2.42. The first-order valence-corrected chi connectivity index (χ1v) is 7.04. The van der Waals surface area contributed by atoms with Crippen LogP contribution in [0.15, 0.2) is 18.2 Å². The molecule has 1 rings (SSSR count). The number of hydrogen-bond acceptors (Lipinski definition) is 5. The van der Waals surface area contributed by atoms with E-state index in [-0.39, 0.29) is 11.4 Å². The predicted octanol–water partition coefficient (Wildman–Crippen LogP) is 3.42. The summed E-state index contributed by atoms with van der Waals surface area (Å²) in [5, 5.41) is 24.7. The Kier molecular flexibility index (Phi) is 6.74.